The Labute approximate surface area is 233 Å². The van der Waals surface area contributed by atoms with Crippen molar-refractivity contribution in [2.75, 3.05) is 46.5 Å². The van der Waals surface area contributed by atoms with Crippen LogP contribution < -0.4 is 20.7 Å². The standard InChI is InChI=1S/C28H39F2N5O5/c1-17(31-2)25(36)33-24(18-7-10-39-11-8-18)27(38)35-14-19-13-28(29,30)16-34(19)15-22(35)26(37)32-21-9-12-40-23-6-4-3-5-20(21)23/h3-6,17-19,21-22,24,31H,7-16H2,1-2H3,(H,32,37)(H,33,36)/t17-,19+,21+,22-,24-/m0/s1. The van der Waals surface area contributed by atoms with Gasteiger partial charge in [-0.2, -0.15) is 0 Å². The molecule has 0 radical (unpaired) electrons. The normalized spacial score (nSPS) is 28.0. The number of alkyl halides is 2. The first-order chi connectivity index (χ1) is 19.2. The summed E-state index contributed by atoms with van der Waals surface area (Å²) >= 11 is 0. The molecule has 10 nitrogen and oxygen atoms in total. The van der Waals surface area contributed by atoms with E-state index in [9.17, 15) is 23.2 Å². The lowest BCUT2D eigenvalue weighted by atomic mass is 9.89. The number of likely N-dealkylation sites (N-methyl/N-ethyl adjacent to an activating group) is 1. The van der Waals surface area contributed by atoms with Crippen molar-refractivity contribution in [1.29, 1.82) is 0 Å². The summed E-state index contributed by atoms with van der Waals surface area (Å²) in [4.78, 5) is 44.0. The van der Waals surface area contributed by atoms with Crippen molar-refractivity contribution < 1.29 is 32.6 Å². The molecule has 0 aromatic heterocycles. The van der Waals surface area contributed by atoms with Crippen LogP contribution in [0.15, 0.2) is 24.3 Å². The summed E-state index contributed by atoms with van der Waals surface area (Å²) in [6, 6.07) is 4.17. The first-order valence-electron chi connectivity index (χ1n) is 14.2. The molecular weight excluding hydrogens is 524 g/mol. The first-order valence-corrected chi connectivity index (χ1v) is 14.2. The molecule has 1 aromatic carbocycles. The Morgan fingerprint density at radius 3 is 2.58 bits per heavy atom. The number of para-hydroxylation sites is 1. The molecule has 4 heterocycles. The maximum absolute atomic E-state index is 14.5. The second kappa shape index (κ2) is 12.0. The fraction of sp³-hybridized carbons (Fsp3) is 0.679. The average Bonchev–Trinajstić information content (AvgIpc) is 3.27. The van der Waals surface area contributed by atoms with Crippen LogP contribution in [-0.2, 0) is 19.1 Å². The van der Waals surface area contributed by atoms with Gasteiger partial charge in [0.15, 0.2) is 0 Å². The third-order valence-electron chi connectivity index (χ3n) is 8.66. The molecule has 0 unspecified atom stereocenters. The maximum atomic E-state index is 14.5. The minimum absolute atomic E-state index is 0.00403. The van der Waals surface area contributed by atoms with E-state index in [1.54, 1.807) is 18.9 Å². The number of benzene rings is 1. The number of nitrogens with zero attached hydrogens (tertiary/aromatic N) is 2. The Morgan fingerprint density at radius 1 is 1.07 bits per heavy atom. The minimum atomic E-state index is -2.89. The molecule has 4 aliphatic rings. The predicted molar refractivity (Wildman–Crippen MR) is 142 cm³/mol. The lowest BCUT2D eigenvalue weighted by Crippen LogP contribution is -2.66. The summed E-state index contributed by atoms with van der Waals surface area (Å²) in [5, 5.41) is 8.86. The highest BCUT2D eigenvalue weighted by Gasteiger charge is 2.52. The third-order valence-corrected chi connectivity index (χ3v) is 8.66. The van der Waals surface area contributed by atoms with Crippen LogP contribution >= 0.6 is 0 Å². The van der Waals surface area contributed by atoms with Crippen LogP contribution in [-0.4, -0.2) is 104 Å². The molecule has 220 valence electrons. The van der Waals surface area contributed by atoms with Crippen LogP contribution in [0.3, 0.4) is 0 Å². The quantitative estimate of drug-likeness (QED) is 0.455. The molecule has 5 atom stereocenters. The molecular formula is C28H39F2N5O5. The van der Waals surface area contributed by atoms with Crippen LogP contribution in [0, 0.1) is 5.92 Å². The van der Waals surface area contributed by atoms with E-state index < -0.39 is 48.4 Å². The molecule has 1 aromatic rings. The fourth-order valence-corrected chi connectivity index (χ4v) is 6.28. The van der Waals surface area contributed by atoms with Gasteiger partial charge in [0.25, 0.3) is 5.92 Å². The minimum Gasteiger partial charge on any atom is -0.493 e. The van der Waals surface area contributed by atoms with E-state index in [0.717, 1.165) is 5.56 Å². The number of carbonyl (C=O) groups is 3. The zero-order valence-electron chi connectivity index (χ0n) is 23.0. The van der Waals surface area contributed by atoms with E-state index in [2.05, 4.69) is 16.0 Å². The zero-order valence-corrected chi connectivity index (χ0v) is 23.0. The second-order valence-corrected chi connectivity index (χ2v) is 11.3. The molecule has 5 rings (SSSR count). The summed E-state index contributed by atoms with van der Waals surface area (Å²) in [5.74, 6) is -3.53. The SMILES string of the molecule is CN[C@@H](C)C(=O)N[C@H](C(=O)N1C[C@H]2CC(F)(F)CN2C[C@H]1C(=O)N[C@@H]1CCOc2ccccc21)C1CCOCC1. The second-order valence-electron chi connectivity index (χ2n) is 11.3. The van der Waals surface area contributed by atoms with Crippen LogP contribution in [0.25, 0.3) is 0 Å². The molecule has 3 fully saturated rings. The monoisotopic (exact) mass is 563 g/mol. The molecule has 4 aliphatic heterocycles. The number of carbonyl (C=O) groups excluding carboxylic acids is 3. The van der Waals surface area contributed by atoms with Gasteiger partial charge in [-0.3, -0.25) is 19.3 Å². The van der Waals surface area contributed by atoms with Gasteiger partial charge < -0.3 is 30.3 Å². The third kappa shape index (κ3) is 6.08. The van der Waals surface area contributed by atoms with E-state index >= 15 is 0 Å². The lowest BCUT2D eigenvalue weighted by Gasteiger charge is -2.45. The Morgan fingerprint density at radius 2 is 1.82 bits per heavy atom. The highest BCUT2D eigenvalue weighted by Crippen LogP contribution is 2.37. The molecule has 40 heavy (non-hydrogen) atoms. The van der Waals surface area contributed by atoms with E-state index in [4.69, 9.17) is 9.47 Å². The van der Waals surface area contributed by atoms with E-state index in [1.807, 2.05) is 24.3 Å². The van der Waals surface area contributed by atoms with Crippen LogP contribution in [0.2, 0.25) is 0 Å². The van der Waals surface area contributed by atoms with Crippen LogP contribution in [0.5, 0.6) is 5.75 Å². The summed E-state index contributed by atoms with van der Waals surface area (Å²) in [6.07, 6.45) is 1.32. The first kappa shape index (κ1) is 28.7. The summed E-state index contributed by atoms with van der Waals surface area (Å²) < 4.78 is 40.1. The maximum Gasteiger partial charge on any atom is 0.262 e. The number of rotatable bonds is 7. The van der Waals surface area contributed by atoms with Gasteiger partial charge in [-0.1, -0.05) is 18.2 Å². The number of hydrogen-bond donors (Lipinski definition) is 3. The van der Waals surface area contributed by atoms with E-state index in [-0.39, 0.29) is 37.4 Å². The van der Waals surface area contributed by atoms with Crippen LogP contribution in [0.4, 0.5) is 8.78 Å². The summed E-state index contributed by atoms with van der Waals surface area (Å²) in [5.41, 5.74) is 0.842. The largest absolute Gasteiger partial charge is 0.493 e. The molecule has 3 N–H and O–H groups in total. The Hall–Kier alpha value is -2.83. The number of fused-ring (bicyclic) bond motifs is 2. The Balaban J connectivity index is 1.41. The van der Waals surface area contributed by atoms with Gasteiger partial charge in [0.05, 0.1) is 25.2 Å². The molecule has 0 spiro atoms. The number of halogens is 2. The zero-order chi connectivity index (χ0) is 28.4. The predicted octanol–water partition coefficient (Wildman–Crippen LogP) is 1.07. The smallest absolute Gasteiger partial charge is 0.262 e. The molecule has 3 amide bonds. The molecule has 0 saturated carbocycles. The Bertz CT molecular complexity index is 1100. The van der Waals surface area contributed by atoms with Crippen molar-refractivity contribution in [2.24, 2.45) is 5.92 Å². The molecule has 0 aliphatic carbocycles. The fourth-order valence-electron chi connectivity index (χ4n) is 6.28. The van der Waals surface area contributed by atoms with Crippen molar-refractivity contribution in [2.45, 2.75) is 68.7 Å². The van der Waals surface area contributed by atoms with Gasteiger partial charge >= 0.3 is 0 Å². The van der Waals surface area contributed by atoms with E-state index in [1.165, 1.54) is 4.90 Å². The molecule has 12 heteroatoms. The van der Waals surface area contributed by atoms with Crippen molar-refractivity contribution in [3.05, 3.63) is 29.8 Å². The highest BCUT2D eigenvalue weighted by atomic mass is 19.3. The number of piperazine rings is 1. The van der Waals surface area contributed by atoms with Crippen molar-refractivity contribution >= 4 is 17.7 Å². The summed E-state index contributed by atoms with van der Waals surface area (Å²) in [6.45, 7) is 2.60. The number of amides is 3. The number of nitrogens with one attached hydrogen (secondary N) is 3. The van der Waals surface area contributed by atoms with Gasteiger partial charge in [0.1, 0.15) is 17.8 Å². The van der Waals surface area contributed by atoms with E-state index in [0.29, 0.717) is 44.8 Å². The topological polar surface area (TPSA) is 112 Å². The molecule has 3 saturated heterocycles. The van der Waals surface area contributed by atoms with Crippen LogP contribution in [0.1, 0.15) is 44.2 Å². The Kier molecular flexibility index (Phi) is 8.58. The average molecular weight is 564 g/mol. The van der Waals surface area contributed by atoms with Crippen molar-refractivity contribution in [3.8, 4) is 5.75 Å². The van der Waals surface area contributed by atoms with Gasteiger partial charge in [-0.05, 0) is 38.8 Å². The number of ether oxygens (including phenoxy) is 2. The van der Waals surface area contributed by atoms with Gasteiger partial charge in [-0.15, -0.1) is 0 Å². The summed E-state index contributed by atoms with van der Waals surface area (Å²) in [7, 11) is 1.66. The van der Waals surface area contributed by atoms with Crippen molar-refractivity contribution in [3.63, 3.8) is 0 Å². The van der Waals surface area contributed by atoms with Crippen molar-refractivity contribution in [1.82, 2.24) is 25.8 Å². The van der Waals surface area contributed by atoms with Gasteiger partial charge in [0.2, 0.25) is 17.7 Å². The highest BCUT2D eigenvalue weighted by molar-refractivity contribution is 5.93. The molecule has 0 bridgehead atoms. The van der Waals surface area contributed by atoms with Gasteiger partial charge in [0, 0.05) is 50.8 Å². The lowest BCUT2D eigenvalue weighted by molar-refractivity contribution is -0.150. The number of hydrogen-bond acceptors (Lipinski definition) is 7. The van der Waals surface area contributed by atoms with Gasteiger partial charge in [-0.25, -0.2) is 8.78 Å².